The monoisotopic (exact) mass is 309 g/mol. The molecule has 0 saturated carbocycles. The molecule has 92 valence electrons. The van der Waals surface area contributed by atoms with Gasteiger partial charge in [-0.3, -0.25) is 9.78 Å². The van der Waals surface area contributed by atoms with Crippen molar-refractivity contribution in [1.29, 1.82) is 0 Å². The number of nitrogens with zero attached hydrogens (tertiary/aromatic N) is 3. The largest absolute Gasteiger partial charge is 0.507 e. The van der Waals surface area contributed by atoms with Gasteiger partial charge in [-0.15, -0.1) is 10.2 Å². The molecule has 0 bridgehead atoms. The minimum Gasteiger partial charge on any atom is -0.507 e. The molecule has 0 spiro atoms. The van der Waals surface area contributed by atoms with Crippen LogP contribution in [-0.2, 0) is 0 Å². The van der Waals surface area contributed by atoms with Crippen molar-refractivity contribution in [1.82, 2.24) is 15.2 Å². The fourth-order valence-corrected chi connectivity index (χ4v) is 1.53. The Kier molecular flexibility index (Phi) is 3.68. The number of aromatic nitrogens is 3. The first kappa shape index (κ1) is 12.2. The lowest BCUT2D eigenvalue weighted by Crippen LogP contribution is -2.10. The van der Waals surface area contributed by atoms with Crippen molar-refractivity contribution in [2.24, 2.45) is 5.10 Å². The van der Waals surface area contributed by atoms with Crippen molar-refractivity contribution < 1.29 is 5.11 Å². The van der Waals surface area contributed by atoms with Gasteiger partial charge in [-0.05, 0) is 18.2 Å². The predicted molar refractivity (Wildman–Crippen MR) is 69.7 cm³/mol. The van der Waals surface area contributed by atoms with Crippen LogP contribution >= 0.6 is 15.9 Å². The molecule has 2 rings (SSSR count). The average Bonchev–Trinajstić information content (AvgIpc) is 2.34. The lowest BCUT2D eigenvalue weighted by molar-refractivity contribution is 0.474. The first-order valence-corrected chi connectivity index (χ1v) is 5.64. The number of aromatic amines is 1. The Labute approximate surface area is 110 Å². The van der Waals surface area contributed by atoms with E-state index >= 15 is 0 Å². The Balaban J connectivity index is 2.12. The van der Waals surface area contributed by atoms with Gasteiger partial charge in [0.05, 0.1) is 6.21 Å². The van der Waals surface area contributed by atoms with Crippen LogP contribution in [0.4, 0.5) is 5.95 Å². The van der Waals surface area contributed by atoms with E-state index in [4.69, 9.17) is 0 Å². The standard InChI is InChI=1S/C10H8BrN5O2/c11-7-1-2-8(17)6(3-7)4-12-15-10-14-9(18)5-13-16-10/h1-5,17H,(H2,14,15,16,18)/b12-4-. The first-order valence-electron chi connectivity index (χ1n) is 4.85. The molecule has 18 heavy (non-hydrogen) atoms. The molecule has 0 saturated heterocycles. The van der Waals surface area contributed by atoms with Gasteiger partial charge in [-0.25, -0.2) is 5.43 Å². The van der Waals surface area contributed by atoms with Gasteiger partial charge >= 0.3 is 0 Å². The highest BCUT2D eigenvalue weighted by Crippen LogP contribution is 2.19. The second-order valence-electron chi connectivity index (χ2n) is 3.26. The molecule has 0 radical (unpaired) electrons. The van der Waals surface area contributed by atoms with Crippen molar-refractivity contribution in [2.45, 2.75) is 0 Å². The molecular weight excluding hydrogens is 302 g/mol. The molecule has 7 nitrogen and oxygen atoms in total. The number of phenolic OH excluding ortho intramolecular Hbond substituents is 1. The molecule has 3 N–H and O–H groups in total. The smallest absolute Gasteiger partial charge is 0.271 e. The van der Waals surface area contributed by atoms with Gasteiger partial charge in [0.2, 0.25) is 5.95 Å². The van der Waals surface area contributed by atoms with Crippen LogP contribution < -0.4 is 11.0 Å². The molecule has 0 atom stereocenters. The quantitative estimate of drug-likeness (QED) is 0.581. The third kappa shape index (κ3) is 3.14. The van der Waals surface area contributed by atoms with E-state index in [2.05, 4.69) is 41.6 Å². The van der Waals surface area contributed by atoms with Crippen LogP contribution in [0.25, 0.3) is 0 Å². The van der Waals surface area contributed by atoms with Crippen molar-refractivity contribution in [3.63, 3.8) is 0 Å². The second kappa shape index (κ2) is 5.41. The number of hydrazone groups is 1. The zero-order valence-electron chi connectivity index (χ0n) is 8.96. The summed E-state index contributed by atoms with van der Waals surface area (Å²) in [4.78, 5) is 13.3. The number of hydrogen-bond acceptors (Lipinski definition) is 6. The Morgan fingerprint density at radius 3 is 3.11 bits per heavy atom. The average molecular weight is 310 g/mol. The van der Waals surface area contributed by atoms with Crippen LogP contribution in [0.1, 0.15) is 5.56 Å². The summed E-state index contributed by atoms with van der Waals surface area (Å²) in [6.45, 7) is 0. The molecule has 8 heteroatoms. The normalized spacial score (nSPS) is 10.7. The van der Waals surface area contributed by atoms with E-state index in [0.29, 0.717) is 5.56 Å². The summed E-state index contributed by atoms with van der Waals surface area (Å²) in [6.07, 6.45) is 2.45. The van der Waals surface area contributed by atoms with E-state index in [-0.39, 0.29) is 17.3 Å². The lowest BCUT2D eigenvalue weighted by Gasteiger charge is -1.99. The maximum Gasteiger partial charge on any atom is 0.271 e. The second-order valence-corrected chi connectivity index (χ2v) is 4.17. The number of hydrogen-bond donors (Lipinski definition) is 3. The number of nitrogens with one attached hydrogen (secondary N) is 2. The molecule has 1 aromatic carbocycles. The fraction of sp³-hybridized carbons (Fsp3) is 0. The molecule has 0 aliphatic heterocycles. The summed E-state index contributed by atoms with van der Waals surface area (Å²) < 4.78 is 0.814. The van der Waals surface area contributed by atoms with Crippen molar-refractivity contribution in [3.8, 4) is 5.75 Å². The topological polar surface area (TPSA) is 103 Å². The first-order chi connectivity index (χ1) is 8.65. The Bertz CT molecular complexity index is 640. The van der Waals surface area contributed by atoms with Crippen molar-refractivity contribution in [2.75, 3.05) is 5.43 Å². The highest BCUT2D eigenvalue weighted by Gasteiger charge is 1.98. The van der Waals surface area contributed by atoms with Gasteiger partial charge in [0.1, 0.15) is 11.9 Å². The Morgan fingerprint density at radius 1 is 1.50 bits per heavy atom. The van der Waals surface area contributed by atoms with Crippen molar-refractivity contribution in [3.05, 3.63) is 44.8 Å². The molecule has 0 unspecified atom stereocenters. The number of phenols is 1. The zero-order valence-corrected chi connectivity index (χ0v) is 10.5. The molecule has 0 fully saturated rings. The predicted octanol–water partition coefficient (Wildman–Crippen LogP) is 1.08. The van der Waals surface area contributed by atoms with E-state index < -0.39 is 0 Å². The van der Waals surface area contributed by atoms with E-state index in [0.717, 1.165) is 10.7 Å². The van der Waals surface area contributed by atoms with E-state index in [1.807, 2.05) is 0 Å². The third-order valence-electron chi connectivity index (χ3n) is 1.94. The summed E-state index contributed by atoms with van der Waals surface area (Å²) >= 11 is 3.28. The fourth-order valence-electron chi connectivity index (χ4n) is 1.16. The van der Waals surface area contributed by atoms with E-state index in [9.17, 15) is 9.90 Å². The lowest BCUT2D eigenvalue weighted by atomic mass is 10.2. The number of H-pyrrole nitrogens is 1. The molecule has 0 aliphatic rings. The van der Waals surface area contributed by atoms with Gasteiger partial charge in [0, 0.05) is 10.0 Å². The van der Waals surface area contributed by atoms with Gasteiger partial charge in [0.25, 0.3) is 5.56 Å². The Hall–Kier alpha value is -2.22. The molecule has 1 aromatic heterocycles. The molecular formula is C10H8BrN5O2. The maximum atomic E-state index is 10.9. The van der Waals surface area contributed by atoms with Gasteiger partial charge in [-0.1, -0.05) is 15.9 Å². The van der Waals surface area contributed by atoms with Crippen LogP contribution in [-0.4, -0.2) is 26.5 Å². The maximum absolute atomic E-state index is 10.9. The van der Waals surface area contributed by atoms with Crippen LogP contribution in [0.15, 0.2) is 38.8 Å². The molecule has 0 aliphatic carbocycles. The zero-order chi connectivity index (χ0) is 13.0. The Morgan fingerprint density at radius 2 is 2.33 bits per heavy atom. The van der Waals surface area contributed by atoms with Crippen molar-refractivity contribution >= 4 is 28.1 Å². The third-order valence-corrected chi connectivity index (χ3v) is 2.43. The van der Waals surface area contributed by atoms with Crippen LogP contribution in [0.3, 0.4) is 0 Å². The van der Waals surface area contributed by atoms with E-state index in [1.165, 1.54) is 12.3 Å². The highest BCUT2D eigenvalue weighted by molar-refractivity contribution is 9.10. The number of benzene rings is 1. The number of halogens is 1. The van der Waals surface area contributed by atoms with E-state index in [1.54, 1.807) is 12.1 Å². The number of aromatic hydroxyl groups is 1. The van der Waals surface area contributed by atoms with Gasteiger partial charge < -0.3 is 5.11 Å². The summed E-state index contributed by atoms with van der Waals surface area (Å²) in [5.41, 5.74) is 2.63. The number of anilines is 1. The van der Waals surface area contributed by atoms with Gasteiger partial charge in [0.15, 0.2) is 0 Å². The SMILES string of the molecule is O=c1cnnc(N/N=C\c2cc(Br)ccc2O)[nH]1. The molecule has 2 aromatic rings. The summed E-state index contributed by atoms with van der Waals surface area (Å²) in [6, 6.07) is 4.94. The highest BCUT2D eigenvalue weighted by atomic mass is 79.9. The molecule has 0 amide bonds. The minimum absolute atomic E-state index is 0.0939. The minimum atomic E-state index is -0.381. The van der Waals surface area contributed by atoms with Crippen LogP contribution in [0.5, 0.6) is 5.75 Å². The number of rotatable bonds is 3. The molecule has 1 heterocycles. The van der Waals surface area contributed by atoms with Crippen LogP contribution in [0, 0.1) is 0 Å². The van der Waals surface area contributed by atoms with Crippen LogP contribution in [0.2, 0.25) is 0 Å². The summed E-state index contributed by atoms with van der Waals surface area (Å²) in [5.74, 6) is 0.213. The summed E-state index contributed by atoms with van der Waals surface area (Å²) in [7, 11) is 0. The van der Waals surface area contributed by atoms with Gasteiger partial charge in [-0.2, -0.15) is 5.10 Å². The summed E-state index contributed by atoms with van der Waals surface area (Å²) in [5, 5.41) is 20.4.